The molecule has 0 aliphatic rings. The maximum Gasteiger partial charge on any atom is 0.258 e. The number of para-hydroxylation sites is 1. The van der Waals surface area contributed by atoms with Crippen molar-refractivity contribution in [1.29, 1.82) is 0 Å². The van der Waals surface area contributed by atoms with Crippen LogP contribution in [0.15, 0.2) is 75.7 Å². The van der Waals surface area contributed by atoms with Gasteiger partial charge in [-0.05, 0) is 64.0 Å². The van der Waals surface area contributed by atoms with Crippen LogP contribution in [-0.2, 0) is 6.61 Å². The van der Waals surface area contributed by atoms with Gasteiger partial charge in [-0.2, -0.15) is 4.98 Å². The quantitative estimate of drug-likeness (QED) is 0.310. The lowest BCUT2D eigenvalue weighted by molar-refractivity contribution is 0.304. The zero-order chi connectivity index (χ0) is 19.5. The summed E-state index contributed by atoms with van der Waals surface area (Å²) in [4.78, 5) is 4.46. The van der Waals surface area contributed by atoms with Gasteiger partial charge in [0.2, 0.25) is 5.82 Å². The highest BCUT2D eigenvalue weighted by molar-refractivity contribution is 9.10. The molecule has 0 aliphatic carbocycles. The maximum absolute atomic E-state index is 6.23. The fraction of sp³-hybridized carbons (Fsp3) is 0.0476. The van der Waals surface area contributed by atoms with E-state index in [0.717, 1.165) is 21.3 Å². The van der Waals surface area contributed by atoms with E-state index in [-0.39, 0.29) is 0 Å². The highest BCUT2D eigenvalue weighted by atomic mass is 79.9. The van der Waals surface area contributed by atoms with E-state index in [1.54, 1.807) is 18.2 Å². The van der Waals surface area contributed by atoms with E-state index in [9.17, 15) is 0 Å². The summed E-state index contributed by atoms with van der Waals surface area (Å²) in [6.45, 7) is 0.417. The highest BCUT2D eigenvalue weighted by Crippen LogP contribution is 2.30. The molecule has 4 nitrogen and oxygen atoms in total. The van der Waals surface area contributed by atoms with Crippen LogP contribution in [0, 0.1) is 0 Å². The number of hydrogen-bond donors (Lipinski definition) is 0. The third kappa shape index (κ3) is 4.22. The zero-order valence-corrected chi connectivity index (χ0v) is 17.5. The first kappa shape index (κ1) is 19.0. The van der Waals surface area contributed by atoms with Gasteiger partial charge in [-0.3, -0.25) is 0 Å². The molecule has 0 saturated carbocycles. The summed E-state index contributed by atoms with van der Waals surface area (Å²) in [6.07, 6.45) is 0. The minimum atomic E-state index is 0.406. The van der Waals surface area contributed by atoms with Crippen LogP contribution in [-0.4, -0.2) is 10.1 Å². The summed E-state index contributed by atoms with van der Waals surface area (Å²) >= 11 is 15.7. The molecule has 28 heavy (non-hydrogen) atoms. The molecule has 0 aliphatic heterocycles. The van der Waals surface area contributed by atoms with Gasteiger partial charge in [0.25, 0.3) is 5.89 Å². The van der Waals surface area contributed by atoms with E-state index in [0.29, 0.717) is 33.9 Å². The molecule has 0 radical (unpaired) electrons. The van der Waals surface area contributed by atoms with Gasteiger partial charge < -0.3 is 9.26 Å². The van der Waals surface area contributed by atoms with Crippen molar-refractivity contribution in [3.8, 4) is 28.6 Å². The Morgan fingerprint density at radius 1 is 0.964 bits per heavy atom. The fourth-order valence-corrected chi connectivity index (χ4v) is 3.53. The SMILES string of the molecule is Clc1ccc(-c2noc(-c3cccc(COc4ccccc4Br)c3)n2)c(Cl)c1. The number of benzene rings is 3. The van der Waals surface area contributed by atoms with E-state index >= 15 is 0 Å². The molecule has 7 heteroatoms. The summed E-state index contributed by atoms with van der Waals surface area (Å²) in [5.74, 6) is 1.60. The molecule has 1 heterocycles. The first-order chi connectivity index (χ1) is 13.6. The summed E-state index contributed by atoms with van der Waals surface area (Å²) in [6, 6.07) is 20.6. The molecule has 0 fully saturated rings. The van der Waals surface area contributed by atoms with Crippen LogP contribution < -0.4 is 4.74 Å². The Morgan fingerprint density at radius 2 is 1.82 bits per heavy atom. The van der Waals surface area contributed by atoms with Crippen LogP contribution in [0.1, 0.15) is 5.56 Å². The second-order valence-corrected chi connectivity index (χ2v) is 7.66. The molecular weight excluding hydrogens is 463 g/mol. The maximum atomic E-state index is 6.23. The summed E-state index contributed by atoms with van der Waals surface area (Å²) in [5.41, 5.74) is 2.45. The van der Waals surface area contributed by atoms with E-state index in [1.807, 2.05) is 48.5 Å². The monoisotopic (exact) mass is 474 g/mol. The van der Waals surface area contributed by atoms with E-state index < -0.39 is 0 Å². The van der Waals surface area contributed by atoms with E-state index in [4.69, 9.17) is 32.5 Å². The minimum Gasteiger partial charge on any atom is -0.488 e. The van der Waals surface area contributed by atoms with Crippen molar-refractivity contribution in [1.82, 2.24) is 10.1 Å². The Balaban J connectivity index is 1.55. The molecule has 0 spiro atoms. The first-order valence-electron chi connectivity index (χ1n) is 8.36. The molecule has 0 bridgehead atoms. The van der Waals surface area contributed by atoms with Gasteiger partial charge in [-0.25, -0.2) is 0 Å². The van der Waals surface area contributed by atoms with Gasteiger partial charge in [0.1, 0.15) is 12.4 Å². The van der Waals surface area contributed by atoms with Crippen molar-refractivity contribution in [3.63, 3.8) is 0 Å². The normalized spacial score (nSPS) is 10.8. The van der Waals surface area contributed by atoms with E-state index in [2.05, 4.69) is 26.1 Å². The molecule has 4 aromatic rings. The molecule has 0 unspecified atom stereocenters. The fourth-order valence-electron chi connectivity index (χ4n) is 2.64. The molecule has 0 N–H and O–H groups in total. The molecule has 0 atom stereocenters. The highest BCUT2D eigenvalue weighted by Gasteiger charge is 2.14. The average Bonchev–Trinajstić information content (AvgIpc) is 3.17. The second kappa shape index (κ2) is 8.35. The van der Waals surface area contributed by atoms with Crippen molar-refractivity contribution in [2.24, 2.45) is 0 Å². The molecule has 0 amide bonds. The minimum absolute atomic E-state index is 0.406. The molecular formula is C21H13BrCl2N2O2. The molecule has 0 saturated heterocycles. The van der Waals surface area contributed by atoms with Gasteiger partial charge >= 0.3 is 0 Å². The van der Waals surface area contributed by atoms with Gasteiger partial charge in [-0.1, -0.05) is 52.6 Å². The number of nitrogens with zero attached hydrogens (tertiary/aromatic N) is 2. The van der Waals surface area contributed by atoms with Gasteiger partial charge in [-0.15, -0.1) is 0 Å². The summed E-state index contributed by atoms with van der Waals surface area (Å²) in [5, 5.41) is 5.06. The lowest BCUT2D eigenvalue weighted by Crippen LogP contribution is -1.96. The predicted octanol–water partition coefficient (Wildman–Crippen LogP) is 7.05. The molecule has 1 aromatic heterocycles. The van der Waals surface area contributed by atoms with Crippen LogP contribution in [0.25, 0.3) is 22.8 Å². The van der Waals surface area contributed by atoms with Crippen molar-refractivity contribution in [2.75, 3.05) is 0 Å². The van der Waals surface area contributed by atoms with Gasteiger partial charge in [0, 0.05) is 16.1 Å². The molecule has 140 valence electrons. The standard InChI is InChI=1S/C21H13BrCl2N2O2/c22-17-6-1-2-7-19(17)27-12-13-4-3-5-14(10-13)21-25-20(26-28-21)16-9-8-15(23)11-18(16)24/h1-11H,12H2. The Bertz CT molecular complexity index is 1130. The van der Waals surface area contributed by atoms with Crippen molar-refractivity contribution in [2.45, 2.75) is 6.61 Å². The van der Waals surface area contributed by atoms with Crippen molar-refractivity contribution < 1.29 is 9.26 Å². The van der Waals surface area contributed by atoms with Crippen molar-refractivity contribution >= 4 is 39.1 Å². The van der Waals surface area contributed by atoms with Crippen molar-refractivity contribution in [3.05, 3.63) is 86.8 Å². The Labute approximate surface area is 180 Å². The lowest BCUT2D eigenvalue weighted by Gasteiger charge is -2.08. The van der Waals surface area contributed by atoms with Crippen LogP contribution in [0.4, 0.5) is 0 Å². The van der Waals surface area contributed by atoms with E-state index in [1.165, 1.54) is 0 Å². The lowest BCUT2D eigenvalue weighted by atomic mass is 10.1. The summed E-state index contributed by atoms with van der Waals surface area (Å²) in [7, 11) is 0. The summed E-state index contributed by atoms with van der Waals surface area (Å²) < 4.78 is 12.2. The zero-order valence-electron chi connectivity index (χ0n) is 14.4. The number of ether oxygens (including phenoxy) is 1. The Morgan fingerprint density at radius 3 is 2.64 bits per heavy atom. The number of halogens is 3. The number of aromatic nitrogens is 2. The van der Waals surface area contributed by atoms with Crippen LogP contribution in [0.5, 0.6) is 5.75 Å². The largest absolute Gasteiger partial charge is 0.488 e. The third-order valence-electron chi connectivity index (χ3n) is 4.00. The van der Waals surface area contributed by atoms with Crippen LogP contribution in [0.2, 0.25) is 10.0 Å². The topological polar surface area (TPSA) is 48.2 Å². The van der Waals surface area contributed by atoms with Gasteiger partial charge in [0.05, 0.1) is 9.50 Å². The number of hydrogen-bond acceptors (Lipinski definition) is 4. The smallest absolute Gasteiger partial charge is 0.258 e. The average molecular weight is 476 g/mol. The number of rotatable bonds is 5. The third-order valence-corrected chi connectivity index (χ3v) is 5.21. The van der Waals surface area contributed by atoms with Crippen LogP contribution >= 0.6 is 39.1 Å². The predicted molar refractivity (Wildman–Crippen MR) is 114 cm³/mol. The Kier molecular flexibility index (Phi) is 5.67. The van der Waals surface area contributed by atoms with Gasteiger partial charge in [0.15, 0.2) is 0 Å². The molecule has 3 aromatic carbocycles. The second-order valence-electron chi connectivity index (χ2n) is 5.97. The Hall–Kier alpha value is -2.34. The first-order valence-corrected chi connectivity index (χ1v) is 9.91. The molecule has 4 rings (SSSR count). The van der Waals surface area contributed by atoms with Crippen LogP contribution in [0.3, 0.4) is 0 Å².